The Labute approximate surface area is 168 Å². The Morgan fingerprint density at radius 3 is 2.61 bits per heavy atom. The van der Waals surface area contributed by atoms with E-state index in [1.54, 1.807) is 7.11 Å². The van der Waals surface area contributed by atoms with Gasteiger partial charge in [0.05, 0.1) is 18.8 Å². The molecule has 0 amide bonds. The van der Waals surface area contributed by atoms with Crippen LogP contribution < -0.4 is 4.74 Å². The van der Waals surface area contributed by atoms with E-state index in [2.05, 4.69) is 59.5 Å². The number of pyridine rings is 1. The van der Waals surface area contributed by atoms with Crippen LogP contribution in [0, 0.1) is 0 Å². The van der Waals surface area contributed by atoms with Gasteiger partial charge in [-0.3, -0.25) is 9.88 Å². The summed E-state index contributed by atoms with van der Waals surface area (Å²) < 4.78 is 5.32. The van der Waals surface area contributed by atoms with Crippen LogP contribution in [0.15, 0.2) is 72.9 Å². The molecule has 0 spiro atoms. The first-order valence-electron chi connectivity index (χ1n) is 10.2. The van der Waals surface area contributed by atoms with Gasteiger partial charge in [-0.2, -0.15) is 0 Å². The molecule has 28 heavy (non-hydrogen) atoms. The molecule has 3 nitrogen and oxygen atoms in total. The number of nitrogens with zero attached hydrogens (tertiary/aromatic N) is 2. The zero-order chi connectivity index (χ0) is 19.2. The smallest absolute Gasteiger partial charge is 0.119 e. The van der Waals surface area contributed by atoms with Crippen molar-refractivity contribution in [1.82, 2.24) is 9.88 Å². The largest absolute Gasteiger partial charge is 0.497 e. The number of ether oxygens (including phenoxy) is 1. The third-order valence-corrected chi connectivity index (χ3v) is 5.63. The van der Waals surface area contributed by atoms with Crippen LogP contribution >= 0.6 is 0 Å². The van der Waals surface area contributed by atoms with E-state index in [-0.39, 0.29) is 0 Å². The Kier molecular flexibility index (Phi) is 6.03. The highest BCUT2D eigenvalue weighted by Gasteiger charge is 2.26. The lowest BCUT2D eigenvalue weighted by Gasteiger charge is -2.24. The summed E-state index contributed by atoms with van der Waals surface area (Å²) in [4.78, 5) is 7.43. The minimum atomic E-state index is 0.453. The first-order chi connectivity index (χ1) is 13.8. The van der Waals surface area contributed by atoms with Crippen molar-refractivity contribution in [3.8, 4) is 5.75 Å². The standard InChI is InChI=1S/C25H28N2O/c1-28-23-10-5-9-21(18-23)17-22-12-13-24(26-19-22)25-11-6-15-27(25)16-14-20-7-3-2-4-8-20/h2-5,7-10,12-13,18-19,25H,6,11,14-17H2,1H3/t25-/m0/s1. The Morgan fingerprint density at radius 2 is 1.82 bits per heavy atom. The molecule has 1 aromatic heterocycles. The van der Waals surface area contributed by atoms with Gasteiger partial charge in [0.25, 0.3) is 0 Å². The van der Waals surface area contributed by atoms with Gasteiger partial charge in [0, 0.05) is 12.7 Å². The van der Waals surface area contributed by atoms with Crippen LogP contribution in [0.25, 0.3) is 0 Å². The molecule has 1 aliphatic rings. The third kappa shape index (κ3) is 4.60. The molecule has 0 radical (unpaired) electrons. The second-order valence-corrected chi connectivity index (χ2v) is 7.55. The fourth-order valence-corrected chi connectivity index (χ4v) is 4.10. The van der Waals surface area contributed by atoms with Crippen LogP contribution in [0.1, 0.15) is 41.3 Å². The molecule has 2 aromatic carbocycles. The van der Waals surface area contributed by atoms with Gasteiger partial charge in [-0.15, -0.1) is 0 Å². The van der Waals surface area contributed by atoms with Gasteiger partial charge >= 0.3 is 0 Å². The van der Waals surface area contributed by atoms with Crippen molar-refractivity contribution in [2.75, 3.05) is 20.2 Å². The topological polar surface area (TPSA) is 25.4 Å². The van der Waals surface area contributed by atoms with Crippen molar-refractivity contribution < 1.29 is 4.74 Å². The second kappa shape index (κ2) is 9.03. The molecule has 144 valence electrons. The monoisotopic (exact) mass is 372 g/mol. The molecule has 3 aromatic rings. The van der Waals surface area contributed by atoms with Crippen molar-refractivity contribution in [2.24, 2.45) is 0 Å². The lowest BCUT2D eigenvalue weighted by Crippen LogP contribution is -2.26. The first kappa shape index (κ1) is 18.7. The lowest BCUT2D eigenvalue weighted by atomic mass is 10.0. The normalized spacial score (nSPS) is 17.0. The fourth-order valence-electron chi connectivity index (χ4n) is 4.10. The Hall–Kier alpha value is -2.65. The quantitative estimate of drug-likeness (QED) is 0.580. The summed E-state index contributed by atoms with van der Waals surface area (Å²) in [6.07, 6.45) is 6.49. The number of hydrogen-bond donors (Lipinski definition) is 0. The predicted molar refractivity (Wildman–Crippen MR) is 114 cm³/mol. The third-order valence-electron chi connectivity index (χ3n) is 5.63. The molecule has 1 atom stereocenters. The van der Waals surface area contributed by atoms with Gasteiger partial charge in [-0.25, -0.2) is 0 Å². The molecule has 0 bridgehead atoms. The molecular formula is C25H28N2O. The molecule has 3 heteroatoms. The summed E-state index contributed by atoms with van der Waals surface area (Å²) >= 11 is 0. The maximum atomic E-state index is 5.32. The molecule has 0 N–H and O–H groups in total. The number of aromatic nitrogens is 1. The van der Waals surface area contributed by atoms with E-state index in [9.17, 15) is 0 Å². The number of methoxy groups -OCH3 is 1. The van der Waals surface area contributed by atoms with E-state index in [0.29, 0.717) is 6.04 Å². The van der Waals surface area contributed by atoms with Crippen molar-refractivity contribution in [1.29, 1.82) is 0 Å². The fraction of sp³-hybridized carbons (Fsp3) is 0.320. The first-order valence-corrected chi connectivity index (χ1v) is 10.2. The Morgan fingerprint density at radius 1 is 0.964 bits per heavy atom. The number of benzene rings is 2. The molecule has 0 saturated carbocycles. The highest BCUT2D eigenvalue weighted by atomic mass is 16.5. The second-order valence-electron chi connectivity index (χ2n) is 7.55. The van der Waals surface area contributed by atoms with Crippen molar-refractivity contribution in [3.05, 3.63) is 95.3 Å². The van der Waals surface area contributed by atoms with Crippen LogP contribution in [-0.2, 0) is 12.8 Å². The molecule has 1 aliphatic heterocycles. The summed E-state index contributed by atoms with van der Waals surface area (Å²) in [5.41, 5.74) is 5.11. The zero-order valence-electron chi connectivity index (χ0n) is 16.6. The van der Waals surface area contributed by atoms with Gasteiger partial charge in [0.2, 0.25) is 0 Å². The van der Waals surface area contributed by atoms with Crippen molar-refractivity contribution in [2.45, 2.75) is 31.7 Å². The Bertz CT molecular complexity index is 877. The van der Waals surface area contributed by atoms with Crippen LogP contribution in [0.3, 0.4) is 0 Å². The van der Waals surface area contributed by atoms with E-state index >= 15 is 0 Å². The Balaban J connectivity index is 1.39. The maximum absolute atomic E-state index is 5.32. The van der Waals surface area contributed by atoms with E-state index in [1.807, 2.05) is 18.3 Å². The number of rotatable bonds is 7. The summed E-state index contributed by atoms with van der Waals surface area (Å²) in [5, 5.41) is 0. The molecule has 0 unspecified atom stereocenters. The van der Waals surface area contributed by atoms with Gasteiger partial charge in [-0.05, 0) is 67.1 Å². The van der Waals surface area contributed by atoms with Crippen LogP contribution in [0.2, 0.25) is 0 Å². The van der Waals surface area contributed by atoms with Gasteiger partial charge in [-0.1, -0.05) is 48.5 Å². The predicted octanol–water partition coefficient (Wildman–Crippen LogP) is 5.06. The van der Waals surface area contributed by atoms with E-state index in [0.717, 1.165) is 25.1 Å². The highest BCUT2D eigenvalue weighted by molar-refractivity contribution is 5.32. The average molecular weight is 373 g/mol. The minimum Gasteiger partial charge on any atom is -0.497 e. The maximum Gasteiger partial charge on any atom is 0.119 e. The van der Waals surface area contributed by atoms with Crippen molar-refractivity contribution in [3.63, 3.8) is 0 Å². The summed E-state index contributed by atoms with van der Waals surface area (Å²) in [6.45, 7) is 2.27. The van der Waals surface area contributed by atoms with E-state index < -0.39 is 0 Å². The molecule has 1 saturated heterocycles. The summed E-state index contributed by atoms with van der Waals surface area (Å²) in [6, 6.07) is 23.9. The van der Waals surface area contributed by atoms with Crippen LogP contribution in [0.4, 0.5) is 0 Å². The zero-order valence-corrected chi connectivity index (χ0v) is 16.6. The summed E-state index contributed by atoms with van der Waals surface area (Å²) in [5.74, 6) is 0.905. The summed E-state index contributed by atoms with van der Waals surface area (Å²) in [7, 11) is 1.71. The van der Waals surface area contributed by atoms with E-state index in [1.165, 1.54) is 41.8 Å². The minimum absolute atomic E-state index is 0.453. The highest BCUT2D eigenvalue weighted by Crippen LogP contribution is 2.31. The molecule has 0 aliphatic carbocycles. The molecular weight excluding hydrogens is 344 g/mol. The van der Waals surface area contributed by atoms with E-state index in [4.69, 9.17) is 9.72 Å². The van der Waals surface area contributed by atoms with Gasteiger partial charge in [0.15, 0.2) is 0 Å². The van der Waals surface area contributed by atoms with Gasteiger partial charge in [0.1, 0.15) is 5.75 Å². The van der Waals surface area contributed by atoms with Gasteiger partial charge < -0.3 is 4.74 Å². The number of hydrogen-bond acceptors (Lipinski definition) is 3. The SMILES string of the molecule is COc1cccc(Cc2ccc([C@@H]3CCCN3CCc3ccccc3)nc2)c1. The lowest BCUT2D eigenvalue weighted by molar-refractivity contribution is 0.256. The average Bonchev–Trinajstić information content (AvgIpc) is 3.22. The van der Waals surface area contributed by atoms with Crippen LogP contribution in [0.5, 0.6) is 5.75 Å². The molecule has 2 heterocycles. The van der Waals surface area contributed by atoms with Crippen LogP contribution in [-0.4, -0.2) is 30.1 Å². The molecule has 4 rings (SSSR count). The number of likely N-dealkylation sites (tertiary alicyclic amines) is 1. The molecule has 1 fully saturated rings. The van der Waals surface area contributed by atoms with Crippen molar-refractivity contribution >= 4 is 0 Å².